The number of nitrogens with zero attached hydrogens (tertiary/aromatic N) is 2. The Morgan fingerprint density at radius 1 is 1.61 bits per heavy atom. The summed E-state index contributed by atoms with van der Waals surface area (Å²) in [7, 11) is 2.12. The van der Waals surface area contributed by atoms with Crippen molar-refractivity contribution in [3.63, 3.8) is 0 Å². The van der Waals surface area contributed by atoms with E-state index in [0.29, 0.717) is 23.9 Å². The molecule has 1 atom stereocenters. The number of amides is 1. The predicted molar refractivity (Wildman–Crippen MR) is 67.7 cm³/mol. The van der Waals surface area contributed by atoms with Crippen LogP contribution in [0.25, 0.3) is 0 Å². The Labute approximate surface area is 107 Å². The minimum absolute atomic E-state index is 0.305. The zero-order chi connectivity index (χ0) is 13.1. The first-order valence-electron chi connectivity index (χ1n) is 6.11. The van der Waals surface area contributed by atoms with E-state index in [1.807, 2.05) is 0 Å². The molecule has 1 aliphatic rings. The summed E-state index contributed by atoms with van der Waals surface area (Å²) in [6.45, 7) is 5.86. The molecule has 6 nitrogen and oxygen atoms in total. The van der Waals surface area contributed by atoms with E-state index in [1.165, 1.54) is 6.26 Å². The van der Waals surface area contributed by atoms with Crippen LogP contribution in [-0.4, -0.2) is 48.4 Å². The SMILES string of the molecule is CC1CN(C)CCN1Cc1occc1C(=O)NN. The molecule has 0 aromatic carbocycles. The van der Waals surface area contributed by atoms with E-state index in [1.54, 1.807) is 6.07 Å². The van der Waals surface area contributed by atoms with Crippen molar-refractivity contribution in [2.75, 3.05) is 26.7 Å². The predicted octanol–water partition coefficient (Wildman–Crippen LogP) is 0.0190. The Hall–Kier alpha value is -1.37. The fraction of sp³-hybridized carbons (Fsp3) is 0.583. The van der Waals surface area contributed by atoms with Crippen LogP contribution in [-0.2, 0) is 6.54 Å². The highest BCUT2D eigenvalue weighted by atomic mass is 16.3. The molecular formula is C12H20N4O2. The lowest BCUT2D eigenvalue weighted by Crippen LogP contribution is -2.49. The number of hydrazine groups is 1. The third-order valence-electron chi connectivity index (χ3n) is 3.44. The van der Waals surface area contributed by atoms with Crippen LogP contribution in [0.5, 0.6) is 0 Å². The van der Waals surface area contributed by atoms with Crippen LogP contribution in [0.1, 0.15) is 23.0 Å². The first-order valence-corrected chi connectivity index (χ1v) is 6.11. The zero-order valence-electron chi connectivity index (χ0n) is 10.8. The number of carbonyl (C=O) groups is 1. The van der Waals surface area contributed by atoms with Gasteiger partial charge in [-0.2, -0.15) is 0 Å². The summed E-state index contributed by atoms with van der Waals surface area (Å²) in [5, 5.41) is 0. The summed E-state index contributed by atoms with van der Waals surface area (Å²) < 4.78 is 5.39. The first-order chi connectivity index (χ1) is 8.61. The van der Waals surface area contributed by atoms with E-state index in [-0.39, 0.29) is 5.91 Å². The van der Waals surface area contributed by atoms with Gasteiger partial charge < -0.3 is 9.32 Å². The number of piperazine rings is 1. The first kappa shape index (κ1) is 13.1. The molecule has 1 aromatic rings. The molecule has 1 aromatic heterocycles. The maximum atomic E-state index is 11.5. The molecule has 2 heterocycles. The van der Waals surface area contributed by atoms with Crippen molar-refractivity contribution in [3.05, 3.63) is 23.7 Å². The second kappa shape index (κ2) is 5.51. The van der Waals surface area contributed by atoms with Gasteiger partial charge in [0.1, 0.15) is 5.76 Å². The monoisotopic (exact) mass is 252 g/mol. The van der Waals surface area contributed by atoms with Crippen LogP contribution < -0.4 is 11.3 Å². The van der Waals surface area contributed by atoms with Gasteiger partial charge in [0.2, 0.25) is 0 Å². The highest BCUT2D eigenvalue weighted by Gasteiger charge is 2.24. The molecule has 1 saturated heterocycles. The third kappa shape index (κ3) is 2.72. The average Bonchev–Trinajstić information content (AvgIpc) is 2.80. The Bertz CT molecular complexity index is 418. The number of hydrogen-bond acceptors (Lipinski definition) is 5. The van der Waals surface area contributed by atoms with Crippen molar-refractivity contribution >= 4 is 5.91 Å². The number of nitrogens with two attached hydrogens (primary N) is 1. The van der Waals surface area contributed by atoms with Gasteiger partial charge in [0, 0.05) is 25.7 Å². The van der Waals surface area contributed by atoms with E-state index in [2.05, 4.69) is 29.2 Å². The van der Waals surface area contributed by atoms with Gasteiger partial charge in [0.15, 0.2) is 0 Å². The maximum Gasteiger partial charge on any atom is 0.268 e. The summed E-state index contributed by atoms with van der Waals surface area (Å²) >= 11 is 0. The van der Waals surface area contributed by atoms with E-state index in [0.717, 1.165) is 19.6 Å². The number of carbonyl (C=O) groups excluding carboxylic acids is 1. The number of furan rings is 1. The van der Waals surface area contributed by atoms with E-state index < -0.39 is 0 Å². The number of hydrogen-bond donors (Lipinski definition) is 2. The van der Waals surface area contributed by atoms with Crippen LogP contribution in [0.3, 0.4) is 0 Å². The van der Waals surface area contributed by atoms with E-state index in [4.69, 9.17) is 10.3 Å². The van der Waals surface area contributed by atoms with Crippen molar-refractivity contribution in [1.82, 2.24) is 15.2 Å². The molecule has 0 aliphatic carbocycles. The van der Waals surface area contributed by atoms with Crippen LogP contribution in [0.4, 0.5) is 0 Å². The molecule has 0 spiro atoms. The molecule has 1 fully saturated rings. The van der Waals surface area contributed by atoms with Gasteiger partial charge in [0.05, 0.1) is 18.4 Å². The van der Waals surface area contributed by atoms with Crippen LogP contribution in [0, 0.1) is 0 Å². The standard InChI is InChI=1S/C12H20N4O2/c1-9-7-15(2)4-5-16(9)8-11-10(3-6-18-11)12(17)14-13/h3,6,9H,4-5,7-8,13H2,1-2H3,(H,14,17). The van der Waals surface area contributed by atoms with Gasteiger partial charge in [-0.05, 0) is 20.0 Å². The second-order valence-electron chi connectivity index (χ2n) is 4.81. The quantitative estimate of drug-likeness (QED) is 0.450. The van der Waals surface area contributed by atoms with E-state index in [9.17, 15) is 4.79 Å². The van der Waals surface area contributed by atoms with Gasteiger partial charge in [-0.1, -0.05) is 0 Å². The summed E-state index contributed by atoms with van der Waals surface area (Å²) in [4.78, 5) is 16.2. The van der Waals surface area contributed by atoms with Gasteiger partial charge in [-0.25, -0.2) is 5.84 Å². The molecule has 1 unspecified atom stereocenters. The van der Waals surface area contributed by atoms with Gasteiger partial charge in [-0.3, -0.25) is 15.1 Å². The van der Waals surface area contributed by atoms with Gasteiger partial charge in [0.25, 0.3) is 5.91 Å². The molecular weight excluding hydrogens is 232 g/mol. The minimum atomic E-state index is -0.305. The zero-order valence-corrected chi connectivity index (χ0v) is 10.8. The molecule has 1 aliphatic heterocycles. The third-order valence-corrected chi connectivity index (χ3v) is 3.44. The number of nitrogen functional groups attached to an aromatic ring is 1. The molecule has 100 valence electrons. The summed E-state index contributed by atoms with van der Waals surface area (Å²) in [6, 6.07) is 2.10. The topological polar surface area (TPSA) is 74.7 Å². The van der Waals surface area contributed by atoms with Gasteiger partial charge >= 0.3 is 0 Å². The highest BCUT2D eigenvalue weighted by molar-refractivity contribution is 5.94. The Balaban J connectivity index is 2.05. The van der Waals surface area contributed by atoms with Crippen LogP contribution in [0.2, 0.25) is 0 Å². The largest absolute Gasteiger partial charge is 0.467 e. The minimum Gasteiger partial charge on any atom is -0.467 e. The normalized spacial score (nSPS) is 22.1. The lowest BCUT2D eigenvalue weighted by molar-refractivity contribution is 0.0852. The molecule has 2 rings (SSSR count). The highest BCUT2D eigenvalue weighted by Crippen LogP contribution is 2.17. The second-order valence-corrected chi connectivity index (χ2v) is 4.81. The fourth-order valence-electron chi connectivity index (χ4n) is 2.34. The maximum absolute atomic E-state index is 11.5. The Kier molecular flexibility index (Phi) is 4.00. The van der Waals surface area contributed by atoms with Crippen molar-refractivity contribution in [2.24, 2.45) is 5.84 Å². The molecule has 0 radical (unpaired) electrons. The molecule has 1 amide bonds. The number of likely N-dealkylation sites (N-methyl/N-ethyl adjacent to an activating group) is 1. The van der Waals surface area contributed by atoms with Crippen molar-refractivity contribution < 1.29 is 9.21 Å². The summed E-state index contributed by atoms with van der Waals surface area (Å²) in [5.74, 6) is 5.52. The molecule has 0 saturated carbocycles. The summed E-state index contributed by atoms with van der Waals surface area (Å²) in [5.41, 5.74) is 2.65. The molecule has 3 N–H and O–H groups in total. The average molecular weight is 252 g/mol. The van der Waals surface area contributed by atoms with Crippen molar-refractivity contribution in [1.29, 1.82) is 0 Å². The number of rotatable bonds is 3. The van der Waals surface area contributed by atoms with Crippen LogP contribution in [0.15, 0.2) is 16.7 Å². The Morgan fingerprint density at radius 3 is 3.06 bits per heavy atom. The van der Waals surface area contributed by atoms with Crippen molar-refractivity contribution in [3.8, 4) is 0 Å². The fourth-order valence-corrected chi connectivity index (χ4v) is 2.34. The number of nitrogens with one attached hydrogen (secondary N) is 1. The van der Waals surface area contributed by atoms with Crippen LogP contribution >= 0.6 is 0 Å². The van der Waals surface area contributed by atoms with Crippen molar-refractivity contribution in [2.45, 2.75) is 19.5 Å². The molecule has 0 bridgehead atoms. The molecule has 18 heavy (non-hydrogen) atoms. The lowest BCUT2D eigenvalue weighted by Gasteiger charge is -2.37. The molecule has 6 heteroatoms. The Morgan fingerprint density at radius 2 is 2.39 bits per heavy atom. The smallest absolute Gasteiger partial charge is 0.268 e. The van der Waals surface area contributed by atoms with E-state index >= 15 is 0 Å². The lowest BCUT2D eigenvalue weighted by atomic mass is 10.1. The summed E-state index contributed by atoms with van der Waals surface area (Å²) in [6.07, 6.45) is 1.53. The van der Waals surface area contributed by atoms with Gasteiger partial charge in [-0.15, -0.1) is 0 Å².